The Hall–Kier alpha value is 1.17. The maximum atomic E-state index is 12.4. The van der Waals surface area contributed by atoms with E-state index in [4.69, 9.17) is 33.2 Å². The topological polar surface area (TPSA) is 0 Å². The summed E-state index contributed by atoms with van der Waals surface area (Å²) in [6, 6.07) is -4.18. The molecule has 0 aromatic rings. The molecule has 0 fully saturated rings. The van der Waals surface area contributed by atoms with E-state index in [2.05, 4.69) is 11.6 Å². The van der Waals surface area contributed by atoms with E-state index in [1.54, 1.807) is 0 Å². The Bertz CT molecular complexity index is 120. The van der Waals surface area contributed by atoms with Crippen molar-refractivity contribution in [2.45, 2.75) is 11.2 Å². The van der Waals surface area contributed by atoms with Crippen molar-refractivity contribution in [1.29, 1.82) is 0 Å². The smallest absolute Gasteiger partial charge is 0.219 e. The predicted molar refractivity (Wildman–Crippen MR) is 39.0 cm³/mol. The summed E-state index contributed by atoms with van der Waals surface area (Å²) in [5.41, 5.74) is 0. The average molecular weight is 252 g/mol. The van der Waals surface area contributed by atoms with Gasteiger partial charge in [0.05, 0.1) is 0 Å². The third-order valence-corrected chi connectivity index (χ3v) is 5.99. The van der Waals surface area contributed by atoms with Crippen LogP contribution in [0.3, 0.4) is 0 Å². The van der Waals surface area contributed by atoms with Crippen LogP contribution in [0.2, 0.25) is 0 Å². The van der Waals surface area contributed by atoms with Gasteiger partial charge in [0.15, 0.2) is 0 Å². The minimum atomic E-state index is -4.18. The molecule has 0 aromatic heterocycles. The third-order valence-electron chi connectivity index (χ3n) is 0.652. The van der Waals surface area contributed by atoms with E-state index >= 15 is 0 Å². The summed E-state index contributed by atoms with van der Waals surface area (Å²) in [4.78, 5) is 0. The molecule has 62 valence electrons. The van der Waals surface area contributed by atoms with E-state index in [0.717, 1.165) is 0 Å². The first-order chi connectivity index (χ1) is 4.19. The second-order valence-electron chi connectivity index (χ2n) is 1.42. The molecule has 0 saturated carbocycles. The van der Waals surface area contributed by atoms with Gasteiger partial charge >= 0.3 is 6.00 Å². The lowest BCUT2D eigenvalue weighted by Gasteiger charge is -2.21. The van der Waals surface area contributed by atoms with Crippen LogP contribution < -0.4 is 0 Å². The molecule has 0 radical (unpaired) electrons. The molecule has 0 heterocycles. The number of halogens is 7. The van der Waals surface area contributed by atoms with Crippen LogP contribution in [-0.4, -0.2) is 17.2 Å². The van der Waals surface area contributed by atoms with Gasteiger partial charge in [-0.2, -0.15) is 0 Å². The number of alkyl halides is 4. The molecule has 0 nitrogen and oxygen atoms in total. The van der Waals surface area contributed by atoms with E-state index in [1.165, 1.54) is 0 Å². The van der Waals surface area contributed by atoms with Gasteiger partial charge in [-0.25, -0.2) is 13.2 Å². The van der Waals surface area contributed by atoms with Crippen LogP contribution in [0.5, 0.6) is 0 Å². The molecule has 0 aliphatic rings. The molecule has 0 bridgehead atoms. The monoisotopic (exact) mass is 250 g/mol. The van der Waals surface area contributed by atoms with E-state index in [-0.39, 0.29) is 0 Å². The second-order valence-corrected chi connectivity index (χ2v) is 10.9. The lowest BCUT2D eigenvalue weighted by molar-refractivity contribution is 0.0666. The van der Waals surface area contributed by atoms with Gasteiger partial charge < -0.3 is 0 Å². The molecule has 1 unspecified atom stereocenters. The molecular weight excluding hydrogens is 251 g/mol. The first-order valence-corrected chi connectivity index (χ1v) is 7.33. The molecule has 0 aliphatic carbocycles. The van der Waals surface area contributed by atoms with E-state index < -0.39 is 17.2 Å². The Balaban J connectivity index is 4.40. The highest BCUT2D eigenvalue weighted by molar-refractivity contribution is 7.66. The lowest BCUT2D eigenvalue weighted by Crippen LogP contribution is -2.44. The van der Waals surface area contributed by atoms with Crippen molar-refractivity contribution in [2.24, 2.45) is 0 Å². The molecule has 0 saturated heterocycles. The van der Waals surface area contributed by atoms with E-state index in [0.29, 0.717) is 0 Å². The minimum Gasteiger partial charge on any atom is -0.219 e. The molecule has 8 heteroatoms. The molecule has 0 rings (SSSR count). The zero-order valence-corrected chi connectivity index (χ0v) is 8.25. The summed E-state index contributed by atoms with van der Waals surface area (Å²) in [7, 11) is 0. The molecule has 0 aromatic carbocycles. The Morgan fingerprint density at radius 1 is 1.20 bits per heavy atom. The lowest BCUT2D eigenvalue weighted by atomic mass is 10.8. The van der Waals surface area contributed by atoms with E-state index in [1.807, 2.05) is 0 Å². The maximum absolute atomic E-state index is 12.4. The summed E-state index contributed by atoms with van der Waals surface area (Å²) in [5, 5.41) is 0. The highest BCUT2D eigenvalue weighted by Crippen LogP contribution is 2.43. The SMILES string of the molecule is FC(F)C(F)(Cl)[Si](Cl)(Cl)Cl. The normalized spacial score (nSPS) is 19.2. The predicted octanol–water partition coefficient (Wildman–Crippen LogP) is 3.35. The van der Waals surface area contributed by atoms with Gasteiger partial charge in [-0.1, -0.05) is 11.6 Å². The summed E-state index contributed by atoms with van der Waals surface area (Å²) < 4.78 is 32.1. The summed E-state index contributed by atoms with van der Waals surface area (Å²) in [6.07, 6.45) is -3.48. The first kappa shape index (κ1) is 11.2. The molecule has 10 heavy (non-hydrogen) atoms. The Labute approximate surface area is 75.3 Å². The van der Waals surface area contributed by atoms with Crippen molar-refractivity contribution in [1.82, 2.24) is 0 Å². The van der Waals surface area contributed by atoms with Crippen LogP contribution in [0.15, 0.2) is 0 Å². The van der Waals surface area contributed by atoms with Crippen LogP contribution in [0, 0.1) is 0 Å². The van der Waals surface area contributed by atoms with Gasteiger partial charge in [-0.05, 0) is 0 Å². The van der Waals surface area contributed by atoms with E-state index in [9.17, 15) is 13.2 Å². The highest BCUT2D eigenvalue weighted by Gasteiger charge is 2.58. The van der Waals surface area contributed by atoms with Crippen LogP contribution in [0.25, 0.3) is 0 Å². The van der Waals surface area contributed by atoms with Crippen molar-refractivity contribution < 1.29 is 13.2 Å². The van der Waals surface area contributed by atoms with Crippen molar-refractivity contribution >= 4 is 50.8 Å². The fourth-order valence-corrected chi connectivity index (χ4v) is 1.11. The van der Waals surface area contributed by atoms with Crippen LogP contribution >= 0.6 is 44.8 Å². The zero-order valence-electron chi connectivity index (χ0n) is 4.22. The number of rotatable bonds is 2. The molecule has 1 atom stereocenters. The summed E-state index contributed by atoms with van der Waals surface area (Å²) >= 11 is 19.3. The standard InChI is InChI=1S/C2HCl4F3Si/c3-2(9,1(7)8)10(4,5)6/h1H. The largest absolute Gasteiger partial charge is 0.402 e. The number of hydrogen-bond acceptors (Lipinski definition) is 0. The Kier molecular flexibility index (Phi) is 3.65. The van der Waals surface area contributed by atoms with Crippen LogP contribution in [0.4, 0.5) is 13.2 Å². The molecule has 0 spiro atoms. The Morgan fingerprint density at radius 3 is 1.50 bits per heavy atom. The molecule has 0 aliphatic heterocycles. The van der Waals surface area contributed by atoms with Gasteiger partial charge in [-0.15, -0.1) is 33.2 Å². The summed E-state index contributed by atoms with van der Waals surface area (Å²) in [5.74, 6) is 0. The van der Waals surface area contributed by atoms with Gasteiger partial charge in [-0.3, -0.25) is 0 Å². The third kappa shape index (κ3) is 2.34. The Morgan fingerprint density at radius 2 is 1.50 bits per heavy atom. The van der Waals surface area contributed by atoms with Crippen molar-refractivity contribution in [2.75, 3.05) is 0 Å². The quantitative estimate of drug-likeness (QED) is 0.401. The summed E-state index contributed by atoms with van der Waals surface area (Å²) in [6.45, 7) is 0. The average Bonchev–Trinajstić information content (AvgIpc) is 1.62. The minimum absolute atomic E-state index is 3.48. The number of hydrogen-bond donors (Lipinski definition) is 0. The van der Waals surface area contributed by atoms with Gasteiger partial charge in [0.1, 0.15) is 0 Å². The van der Waals surface area contributed by atoms with Crippen LogP contribution in [-0.2, 0) is 0 Å². The fraction of sp³-hybridized carbons (Fsp3) is 1.00. The molecule has 0 N–H and O–H groups in total. The van der Waals surface area contributed by atoms with Crippen molar-refractivity contribution in [3.05, 3.63) is 0 Å². The zero-order chi connectivity index (χ0) is 8.58. The van der Waals surface area contributed by atoms with Gasteiger partial charge in [0, 0.05) is 0 Å². The van der Waals surface area contributed by atoms with Crippen molar-refractivity contribution in [3.8, 4) is 0 Å². The first-order valence-electron chi connectivity index (χ1n) is 1.92. The second kappa shape index (κ2) is 3.27. The fourth-order valence-electron chi connectivity index (χ4n) is 0.124. The molecular formula is C2HCl4F3Si. The molecule has 0 amide bonds. The van der Waals surface area contributed by atoms with Crippen molar-refractivity contribution in [3.63, 3.8) is 0 Å². The van der Waals surface area contributed by atoms with Gasteiger partial charge in [0.2, 0.25) is 0 Å². The highest BCUT2D eigenvalue weighted by atomic mass is 35.8. The van der Waals surface area contributed by atoms with Gasteiger partial charge in [0.25, 0.3) is 11.2 Å². The van der Waals surface area contributed by atoms with Crippen LogP contribution in [0.1, 0.15) is 0 Å². The maximum Gasteiger partial charge on any atom is 0.402 e.